The number of anilines is 5. The van der Waals surface area contributed by atoms with Gasteiger partial charge < -0.3 is 25.7 Å². The lowest BCUT2D eigenvalue weighted by atomic mass is 10.3. The molecule has 1 heterocycles. The van der Waals surface area contributed by atoms with Crippen LogP contribution < -0.4 is 25.8 Å². The molecule has 3 aromatic rings. The van der Waals surface area contributed by atoms with Crippen molar-refractivity contribution in [3.05, 3.63) is 60.5 Å². The predicted octanol–water partition coefficient (Wildman–Crippen LogP) is 2.84. The molecule has 146 valence electrons. The number of nitrogens with zero attached hydrogens (tertiary/aromatic N) is 2. The van der Waals surface area contributed by atoms with Crippen LogP contribution in [0.15, 0.2) is 54.7 Å². The van der Waals surface area contributed by atoms with E-state index < -0.39 is 5.82 Å². The number of aromatic nitrogens is 2. The van der Waals surface area contributed by atoms with E-state index in [1.807, 2.05) is 0 Å². The monoisotopic (exact) mass is 386 g/mol. The van der Waals surface area contributed by atoms with E-state index in [2.05, 4.69) is 15.6 Å². The Morgan fingerprint density at radius 1 is 1.11 bits per heavy atom. The molecule has 3 rings (SSSR count). The minimum atomic E-state index is -0.725. The number of hydrogen-bond donors (Lipinski definition) is 4. The van der Waals surface area contributed by atoms with Crippen LogP contribution in [0, 0.1) is 5.82 Å². The minimum Gasteiger partial charge on any atom is -0.491 e. The highest BCUT2D eigenvalue weighted by molar-refractivity contribution is 5.62. The highest BCUT2D eigenvalue weighted by atomic mass is 19.1. The number of ether oxygens (including phenoxy) is 2. The van der Waals surface area contributed by atoms with Crippen LogP contribution in [0.4, 0.5) is 33.2 Å². The zero-order valence-corrected chi connectivity index (χ0v) is 15.2. The zero-order valence-electron chi connectivity index (χ0n) is 15.2. The van der Waals surface area contributed by atoms with Crippen LogP contribution in [-0.4, -0.2) is 30.5 Å². The number of nitrogen functional groups attached to an aromatic ring is 1. The van der Waals surface area contributed by atoms with Crippen LogP contribution in [0.25, 0.3) is 0 Å². The van der Waals surface area contributed by atoms with Crippen molar-refractivity contribution in [3.63, 3.8) is 0 Å². The van der Waals surface area contributed by atoms with Crippen LogP contribution in [0.1, 0.15) is 0 Å². The molecule has 0 saturated heterocycles. The maximum atomic E-state index is 14.2. The van der Waals surface area contributed by atoms with Crippen LogP contribution in [-0.2, 0) is 4.74 Å². The van der Waals surface area contributed by atoms with E-state index in [1.54, 1.807) is 55.6 Å². The molecule has 0 aliphatic heterocycles. The second-order valence-electron chi connectivity index (χ2n) is 5.85. The minimum absolute atomic E-state index is 0.0286. The molecular formula is C19H21FN5O3+. The second kappa shape index (κ2) is 8.87. The number of rotatable bonds is 8. The first-order valence-corrected chi connectivity index (χ1v) is 8.48. The van der Waals surface area contributed by atoms with E-state index in [9.17, 15) is 9.60 Å². The average molecular weight is 386 g/mol. The Morgan fingerprint density at radius 2 is 1.89 bits per heavy atom. The SMILES string of the molecule is COCCOc1ccc(Nc2nc(Nc3cccc(N)c3)c(F)c[n+]2O)cc1. The molecule has 1 aromatic heterocycles. The number of hydrogen-bond acceptors (Lipinski definition) is 7. The van der Waals surface area contributed by atoms with E-state index in [-0.39, 0.29) is 11.8 Å². The highest BCUT2D eigenvalue weighted by Crippen LogP contribution is 2.22. The van der Waals surface area contributed by atoms with Crippen molar-refractivity contribution in [1.29, 1.82) is 0 Å². The Labute approximate surface area is 161 Å². The smallest absolute Gasteiger partial charge is 0.435 e. The van der Waals surface area contributed by atoms with Gasteiger partial charge in [-0.05, 0) is 47.4 Å². The maximum absolute atomic E-state index is 14.2. The molecule has 5 N–H and O–H groups in total. The van der Waals surface area contributed by atoms with Gasteiger partial charge in [0.25, 0.3) is 0 Å². The summed E-state index contributed by atoms with van der Waals surface area (Å²) in [6.45, 7) is 0.936. The Balaban J connectivity index is 1.74. The van der Waals surface area contributed by atoms with Gasteiger partial charge in [-0.3, -0.25) is 0 Å². The van der Waals surface area contributed by atoms with Gasteiger partial charge in [-0.25, -0.2) is 5.32 Å². The molecule has 0 unspecified atom stereocenters. The summed E-state index contributed by atoms with van der Waals surface area (Å²) in [5, 5.41) is 15.7. The third kappa shape index (κ3) is 4.98. The summed E-state index contributed by atoms with van der Waals surface area (Å²) in [4.78, 5) is 4.10. The van der Waals surface area contributed by atoms with Crippen LogP contribution in [0.5, 0.6) is 5.75 Å². The highest BCUT2D eigenvalue weighted by Gasteiger charge is 2.19. The standard InChI is InChI=1S/C19H20FN5O3/c1-27-9-10-28-16-7-5-14(6-8-16)23-19-24-18(17(20)12-25(19)26)22-15-4-2-3-13(21)11-15/h2-8,11-12,26H,9-10,21H2,1H3,(H,22,23,24)/p+1. The van der Waals surface area contributed by atoms with Gasteiger partial charge in [0.2, 0.25) is 11.6 Å². The van der Waals surface area contributed by atoms with Crippen molar-refractivity contribution in [2.75, 3.05) is 36.7 Å². The molecule has 0 aliphatic rings. The largest absolute Gasteiger partial charge is 0.491 e. The van der Waals surface area contributed by atoms with Gasteiger partial charge in [-0.2, -0.15) is 4.39 Å². The number of methoxy groups -OCH3 is 1. The van der Waals surface area contributed by atoms with E-state index in [4.69, 9.17) is 15.2 Å². The van der Waals surface area contributed by atoms with Crippen molar-refractivity contribution >= 4 is 28.8 Å². The number of nitrogens with one attached hydrogen (secondary N) is 2. The van der Waals surface area contributed by atoms with Crippen molar-refractivity contribution in [2.45, 2.75) is 0 Å². The van der Waals surface area contributed by atoms with Crippen molar-refractivity contribution in [1.82, 2.24) is 4.98 Å². The first-order valence-electron chi connectivity index (χ1n) is 8.48. The van der Waals surface area contributed by atoms with Gasteiger partial charge in [-0.15, -0.1) is 0 Å². The number of halogens is 1. The van der Waals surface area contributed by atoms with Crippen LogP contribution in [0.3, 0.4) is 0 Å². The van der Waals surface area contributed by atoms with Gasteiger partial charge in [0.1, 0.15) is 12.4 Å². The molecule has 0 spiro atoms. The molecule has 9 heteroatoms. The average Bonchev–Trinajstić information content (AvgIpc) is 2.67. The fourth-order valence-corrected chi connectivity index (χ4v) is 2.37. The van der Waals surface area contributed by atoms with E-state index in [1.165, 1.54) is 0 Å². The van der Waals surface area contributed by atoms with Crippen molar-refractivity contribution in [2.24, 2.45) is 0 Å². The first kappa shape index (κ1) is 19.2. The van der Waals surface area contributed by atoms with Gasteiger partial charge in [0, 0.05) is 18.5 Å². The summed E-state index contributed by atoms with van der Waals surface area (Å²) < 4.78 is 25.2. The summed E-state index contributed by atoms with van der Waals surface area (Å²) in [6, 6.07) is 13.8. The third-order valence-electron chi connectivity index (χ3n) is 3.71. The molecule has 2 aromatic carbocycles. The normalized spacial score (nSPS) is 10.5. The molecule has 0 saturated carbocycles. The second-order valence-corrected chi connectivity index (χ2v) is 5.85. The lowest BCUT2D eigenvalue weighted by molar-refractivity contribution is -0.895. The molecule has 0 amide bonds. The van der Waals surface area contributed by atoms with Crippen molar-refractivity contribution in [3.8, 4) is 5.75 Å². The molecule has 8 nitrogen and oxygen atoms in total. The Morgan fingerprint density at radius 3 is 2.61 bits per heavy atom. The van der Waals surface area contributed by atoms with Crippen molar-refractivity contribution < 1.29 is 23.8 Å². The predicted molar refractivity (Wildman–Crippen MR) is 103 cm³/mol. The van der Waals surface area contributed by atoms with Crippen LogP contribution in [0.2, 0.25) is 0 Å². The summed E-state index contributed by atoms with van der Waals surface area (Å²) in [5.74, 6) is -0.0771. The number of benzene rings is 2. The van der Waals surface area contributed by atoms with Gasteiger partial charge in [0.15, 0.2) is 6.20 Å². The molecule has 0 radical (unpaired) electrons. The Bertz CT molecular complexity index is 937. The van der Waals surface area contributed by atoms with E-state index in [0.717, 1.165) is 6.20 Å². The zero-order chi connectivity index (χ0) is 19.9. The summed E-state index contributed by atoms with van der Waals surface area (Å²) in [6.07, 6.45) is 0.909. The van der Waals surface area contributed by atoms with E-state index in [0.29, 0.717) is 40.8 Å². The lowest BCUT2D eigenvalue weighted by Crippen LogP contribution is -2.35. The summed E-state index contributed by atoms with van der Waals surface area (Å²) in [5.41, 5.74) is 7.47. The molecule has 0 atom stereocenters. The Kier molecular flexibility index (Phi) is 6.07. The quantitative estimate of drug-likeness (QED) is 0.204. The summed E-state index contributed by atoms with van der Waals surface area (Å²) in [7, 11) is 1.60. The number of nitrogens with two attached hydrogens (primary N) is 1. The van der Waals surface area contributed by atoms with Gasteiger partial charge in [0.05, 0.1) is 12.3 Å². The molecule has 0 bridgehead atoms. The Hall–Kier alpha value is -3.59. The van der Waals surface area contributed by atoms with Gasteiger partial charge >= 0.3 is 5.95 Å². The summed E-state index contributed by atoms with van der Waals surface area (Å²) >= 11 is 0. The lowest BCUT2D eigenvalue weighted by Gasteiger charge is -2.08. The maximum Gasteiger partial charge on any atom is 0.435 e. The topological polar surface area (TPSA) is 106 Å². The third-order valence-corrected chi connectivity index (χ3v) is 3.71. The molecule has 0 aliphatic carbocycles. The van der Waals surface area contributed by atoms with Gasteiger partial charge in [-0.1, -0.05) is 10.8 Å². The fraction of sp³-hybridized carbons (Fsp3) is 0.158. The van der Waals surface area contributed by atoms with Crippen LogP contribution >= 0.6 is 0 Å². The molecule has 28 heavy (non-hydrogen) atoms. The fourth-order valence-electron chi connectivity index (χ4n) is 2.37. The molecule has 0 fully saturated rings. The first-order chi connectivity index (χ1) is 13.5. The van der Waals surface area contributed by atoms with E-state index >= 15 is 0 Å². The molecular weight excluding hydrogens is 365 g/mol.